The zero-order chi connectivity index (χ0) is 14.4. The van der Waals surface area contributed by atoms with Crippen molar-refractivity contribution >= 4 is 11.9 Å². The maximum absolute atomic E-state index is 12.4. The molecule has 2 N–H and O–H groups in total. The number of hydrogen-bond acceptors (Lipinski definition) is 3. The van der Waals surface area contributed by atoms with Gasteiger partial charge in [-0.2, -0.15) is 0 Å². The van der Waals surface area contributed by atoms with Crippen LogP contribution in [-0.4, -0.2) is 45.7 Å². The summed E-state index contributed by atoms with van der Waals surface area (Å²) in [6, 6.07) is 0. The minimum absolute atomic E-state index is 0.0601. The minimum Gasteiger partial charge on any atom is -0.481 e. The van der Waals surface area contributed by atoms with Crippen molar-refractivity contribution in [1.82, 2.24) is 4.90 Å². The number of rotatable bonds is 2. The third-order valence-electron chi connectivity index (χ3n) is 4.73. The molecule has 0 aromatic heterocycles. The van der Waals surface area contributed by atoms with E-state index in [1.807, 2.05) is 13.8 Å². The van der Waals surface area contributed by atoms with Gasteiger partial charge in [-0.1, -0.05) is 13.8 Å². The molecule has 1 amide bonds. The number of carboxylic acid groups (broad SMARTS) is 1. The van der Waals surface area contributed by atoms with Crippen molar-refractivity contribution in [2.75, 3.05) is 13.1 Å². The Hall–Kier alpha value is -1.10. The molecular formula is C14H23NO4. The van der Waals surface area contributed by atoms with Crippen molar-refractivity contribution < 1.29 is 19.8 Å². The fourth-order valence-electron chi connectivity index (χ4n) is 3.24. The standard InChI is InChI=1S/C14H23NO4/c1-13(2)9(10(13)12(17)18)11(16)15-7-4-5-14(3,19)6-8-15/h9-10,19H,4-8H2,1-3H3,(H,17,18)/t9-,10+,14?/m1/s1. The lowest BCUT2D eigenvalue weighted by Gasteiger charge is -2.23. The molecule has 2 aliphatic rings. The van der Waals surface area contributed by atoms with Crippen LogP contribution in [-0.2, 0) is 9.59 Å². The minimum atomic E-state index is -0.884. The van der Waals surface area contributed by atoms with Gasteiger partial charge in [0.05, 0.1) is 17.4 Å². The molecule has 5 heteroatoms. The molecule has 1 heterocycles. The first kappa shape index (κ1) is 14.3. The molecule has 1 unspecified atom stereocenters. The predicted molar refractivity (Wildman–Crippen MR) is 69.5 cm³/mol. The van der Waals surface area contributed by atoms with Gasteiger partial charge in [0.1, 0.15) is 0 Å². The summed E-state index contributed by atoms with van der Waals surface area (Å²) >= 11 is 0. The third kappa shape index (κ3) is 2.61. The molecule has 0 radical (unpaired) electrons. The summed E-state index contributed by atoms with van der Waals surface area (Å²) in [6.45, 7) is 6.60. The Morgan fingerprint density at radius 2 is 1.74 bits per heavy atom. The molecule has 1 saturated carbocycles. The van der Waals surface area contributed by atoms with Crippen LogP contribution >= 0.6 is 0 Å². The molecular weight excluding hydrogens is 246 g/mol. The molecule has 1 aliphatic heterocycles. The van der Waals surface area contributed by atoms with Crippen molar-refractivity contribution in [2.24, 2.45) is 17.3 Å². The van der Waals surface area contributed by atoms with Crippen LogP contribution in [0.4, 0.5) is 0 Å². The summed E-state index contributed by atoms with van der Waals surface area (Å²) in [5, 5.41) is 19.2. The molecule has 2 fully saturated rings. The average Bonchev–Trinajstić information content (AvgIpc) is 2.89. The summed E-state index contributed by atoms with van der Waals surface area (Å²) < 4.78 is 0. The van der Waals surface area contributed by atoms with E-state index in [4.69, 9.17) is 5.11 Å². The Balaban J connectivity index is 2.03. The number of amides is 1. The zero-order valence-electron chi connectivity index (χ0n) is 11.8. The van der Waals surface area contributed by atoms with Gasteiger partial charge in [0.25, 0.3) is 0 Å². The molecule has 2 rings (SSSR count). The van der Waals surface area contributed by atoms with Crippen LogP contribution in [0.25, 0.3) is 0 Å². The quantitative estimate of drug-likeness (QED) is 0.787. The summed E-state index contributed by atoms with van der Waals surface area (Å²) in [4.78, 5) is 25.3. The first-order valence-corrected chi connectivity index (χ1v) is 6.91. The van der Waals surface area contributed by atoms with Gasteiger partial charge in [0.2, 0.25) is 5.91 Å². The van der Waals surface area contributed by atoms with Gasteiger partial charge in [-0.15, -0.1) is 0 Å². The average molecular weight is 269 g/mol. The van der Waals surface area contributed by atoms with Crippen LogP contribution in [0.3, 0.4) is 0 Å². The third-order valence-corrected chi connectivity index (χ3v) is 4.73. The van der Waals surface area contributed by atoms with E-state index in [-0.39, 0.29) is 5.91 Å². The molecule has 0 bridgehead atoms. The number of carbonyl (C=O) groups excluding carboxylic acids is 1. The van der Waals surface area contributed by atoms with E-state index in [2.05, 4.69) is 0 Å². The Morgan fingerprint density at radius 1 is 1.11 bits per heavy atom. The highest BCUT2D eigenvalue weighted by molar-refractivity contribution is 5.91. The molecule has 1 saturated heterocycles. The van der Waals surface area contributed by atoms with Gasteiger partial charge in [0, 0.05) is 13.1 Å². The van der Waals surface area contributed by atoms with Crippen LogP contribution in [0.2, 0.25) is 0 Å². The lowest BCUT2D eigenvalue weighted by molar-refractivity contribution is -0.142. The number of carbonyl (C=O) groups is 2. The zero-order valence-corrected chi connectivity index (χ0v) is 11.8. The molecule has 1 aliphatic carbocycles. The van der Waals surface area contributed by atoms with Crippen molar-refractivity contribution in [3.63, 3.8) is 0 Å². The second-order valence-electron chi connectivity index (χ2n) is 6.79. The van der Waals surface area contributed by atoms with Crippen molar-refractivity contribution in [2.45, 2.75) is 45.6 Å². The fraction of sp³-hybridized carbons (Fsp3) is 0.857. The molecule has 0 aromatic rings. The van der Waals surface area contributed by atoms with E-state index in [0.717, 1.165) is 6.42 Å². The largest absolute Gasteiger partial charge is 0.481 e. The van der Waals surface area contributed by atoms with Crippen LogP contribution in [0.5, 0.6) is 0 Å². The molecule has 3 atom stereocenters. The number of carboxylic acids is 1. The monoisotopic (exact) mass is 269 g/mol. The SMILES string of the molecule is CC1(O)CCCN(C(=O)[C@H]2[C@@H](C(=O)O)C2(C)C)CC1. The lowest BCUT2D eigenvalue weighted by atomic mass is 9.98. The smallest absolute Gasteiger partial charge is 0.307 e. The van der Waals surface area contributed by atoms with Gasteiger partial charge in [-0.25, -0.2) is 0 Å². The molecule has 0 spiro atoms. The maximum atomic E-state index is 12.4. The van der Waals surface area contributed by atoms with Gasteiger partial charge in [-0.3, -0.25) is 9.59 Å². The predicted octanol–water partition coefficient (Wildman–Crippen LogP) is 1.11. The van der Waals surface area contributed by atoms with Crippen LogP contribution < -0.4 is 0 Å². The van der Waals surface area contributed by atoms with Gasteiger partial charge >= 0.3 is 5.97 Å². The summed E-state index contributed by atoms with van der Waals surface area (Å²) in [5.74, 6) is -1.92. The second-order valence-corrected chi connectivity index (χ2v) is 6.79. The second kappa shape index (κ2) is 4.47. The van der Waals surface area contributed by atoms with E-state index < -0.39 is 28.8 Å². The van der Waals surface area contributed by atoms with E-state index in [0.29, 0.717) is 25.9 Å². The topological polar surface area (TPSA) is 77.8 Å². The van der Waals surface area contributed by atoms with E-state index >= 15 is 0 Å². The van der Waals surface area contributed by atoms with Crippen LogP contribution in [0.15, 0.2) is 0 Å². The summed E-state index contributed by atoms with van der Waals surface area (Å²) in [7, 11) is 0. The first-order chi connectivity index (χ1) is 8.67. The molecule has 5 nitrogen and oxygen atoms in total. The molecule has 0 aromatic carbocycles. The number of aliphatic carboxylic acids is 1. The highest BCUT2D eigenvalue weighted by Gasteiger charge is 2.66. The molecule has 19 heavy (non-hydrogen) atoms. The van der Waals surface area contributed by atoms with E-state index in [1.54, 1.807) is 11.8 Å². The Morgan fingerprint density at radius 3 is 2.26 bits per heavy atom. The highest BCUT2D eigenvalue weighted by Crippen LogP contribution is 2.59. The summed E-state index contributed by atoms with van der Waals surface area (Å²) in [5.41, 5.74) is -1.15. The van der Waals surface area contributed by atoms with Gasteiger partial charge in [-0.05, 0) is 31.6 Å². The number of hydrogen-bond donors (Lipinski definition) is 2. The van der Waals surface area contributed by atoms with Crippen molar-refractivity contribution in [1.29, 1.82) is 0 Å². The maximum Gasteiger partial charge on any atom is 0.307 e. The number of aliphatic hydroxyl groups is 1. The van der Waals surface area contributed by atoms with Crippen molar-refractivity contribution in [3.05, 3.63) is 0 Å². The van der Waals surface area contributed by atoms with E-state index in [1.165, 1.54) is 0 Å². The van der Waals surface area contributed by atoms with Crippen LogP contribution in [0, 0.1) is 17.3 Å². The number of nitrogens with zero attached hydrogens (tertiary/aromatic N) is 1. The first-order valence-electron chi connectivity index (χ1n) is 6.91. The van der Waals surface area contributed by atoms with Crippen LogP contribution in [0.1, 0.15) is 40.0 Å². The summed E-state index contributed by atoms with van der Waals surface area (Å²) in [6.07, 6.45) is 2.01. The number of likely N-dealkylation sites (tertiary alicyclic amines) is 1. The van der Waals surface area contributed by atoms with Gasteiger partial charge < -0.3 is 15.1 Å². The Kier molecular flexibility index (Phi) is 3.37. The fourth-order valence-corrected chi connectivity index (χ4v) is 3.24. The lowest BCUT2D eigenvalue weighted by Crippen LogP contribution is -2.35. The Labute approximate surface area is 113 Å². The normalized spacial score (nSPS) is 37.6. The van der Waals surface area contributed by atoms with Crippen molar-refractivity contribution in [3.8, 4) is 0 Å². The highest BCUT2D eigenvalue weighted by atomic mass is 16.4. The molecule has 108 valence electrons. The Bertz CT molecular complexity index is 402. The van der Waals surface area contributed by atoms with E-state index in [9.17, 15) is 14.7 Å². The van der Waals surface area contributed by atoms with Gasteiger partial charge in [0.15, 0.2) is 0 Å².